The van der Waals surface area contributed by atoms with Gasteiger partial charge in [-0.05, 0) is 44.5 Å². The molecule has 1 saturated heterocycles. The van der Waals surface area contributed by atoms with Gasteiger partial charge in [0.2, 0.25) is 0 Å². The minimum Gasteiger partial charge on any atom is -0.296 e. The summed E-state index contributed by atoms with van der Waals surface area (Å²) in [6.07, 6.45) is 0.00955. The molecular formula is C21H18Cl2F3N5OS. The molecule has 1 fully saturated rings. The first-order valence-corrected chi connectivity index (χ1v) is 11.6. The van der Waals surface area contributed by atoms with E-state index in [2.05, 4.69) is 32.1 Å². The first-order valence-electron chi connectivity index (χ1n) is 10.0. The van der Waals surface area contributed by atoms with Gasteiger partial charge in [0, 0.05) is 28.0 Å². The van der Waals surface area contributed by atoms with Gasteiger partial charge in [-0.1, -0.05) is 34.5 Å². The van der Waals surface area contributed by atoms with Gasteiger partial charge in [-0.15, -0.1) is 0 Å². The molecular weight excluding hydrogens is 498 g/mol. The standard InChI is InChI=1S/C21H18Cl2F3N5OS/c1-11-3-2-4-31(11)10-16-18(12-5-13(21(24,25)26)7-14(22)6-12)29-20(33-16)30-19(32)15-8-28-17(23)9-27-15/h5-9,11H,2-4,10H2,1H3,(H,29,30,32)/t11-/m1/s1. The van der Waals surface area contributed by atoms with Crippen LogP contribution in [0.3, 0.4) is 0 Å². The molecule has 1 aromatic carbocycles. The van der Waals surface area contributed by atoms with Gasteiger partial charge in [-0.2, -0.15) is 13.2 Å². The van der Waals surface area contributed by atoms with Crippen molar-refractivity contribution in [1.29, 1.82) is 0 Å². The van der Waals surface area contributed by atoms with E-state index in [1.807, 2.05) is 0 Å². The number of hydrogen-bond acceptors (Lipinski definition) is 6. The fourth-order valence-corrected chi connectivity index (χ4v) is 4.97. The van der Waals surface area contributed by atoms with Crippen molar-refractivity contribution in [3.8, 4) is 11.3 Å². The molecule has 0 unspecified atom stereocenters. The first kappa shape index (κ1) is 23.9. The largest absolute Gasteiger partial charge is 0.416 e. The number of alkyl halides is 3. The van der Waals surface area contributed by atoms with Gasteiger partial charge in [0.15, 0.2) is 5.13 Å². The maximum atomic E-state index is 13.4. The van der Waals surface area contributed by atoms with Crippen LogP contribution in [0.2, 0.25) is 10.2 Å². The molecule has 1 N–H and O–H groups in total. The molecule has 0 aliphatic carbocycles. The Morgan fingerprint density at radius 1 is 1.24 bits per heavy atom. The van der Waals surface area contributed by atoms with Gasteiger partial charge >= 0.3 is 6.18 Å². The summed E-state index contributed by atoms with van der Waals surface area (Å²) in [6.45, 7) is 3.49. The summed E-state index contributed by atoms with van der Waals surface area (Å²) in [4.78, 5) is 27.7. The predicted molar refractivity (Wildman–Crippen MR) is 122 cm³/mol. The summed E-state index contributed by atoms with van der Waals surface area (Å²) >= 11 is 12.9. The fraction of sp³-hybridized carbons (Fsp3) is 0.333. The van der Waals surface area contributed by atoms with Crippen LogP contribution < -0.4 is 5.32 Å². The number of rotatable bonds is 5. The van der Waals surface area contributed by atoms with E-state index >= 15 is 0 Å². The zero-order valence-electron chi connectivity index (χ0n) is 17.3. The summed E-state index contributed by atoms with van der Waals surface area (Å²) in [7, 11) is 0. The maximum Gasteiger partial charge on any atom is 0.416 e. The van der Waals surface area contributed by atoms with Crippen LogP contribution in [0.1, 0.15) is 40.7 Å². The number of halogens is 5. The molecule has 0 spiro atoms. The third-order valence-corrected chi connectivity index (χ3v) is 6.68. The number of carbonyl (C=O) groups excluding carboxylic acids is 1. The highest BCUT2D eigenvalue weighted by Gasteiger charge is 2.32. The zero-order valence-corrected chi connectivity index (χ0v) is 19.6. The molecule has 1 aliphatic rings. The lowest BCUT2D eigenvalue weighted by molar-refractivity contribution is -0.137. The predicted octanol–water partition coefficient (Wildman–Crippen LogP) is 6.16. The Bertz CT molecular complexity index is 1170. The number of amides is 1. The number of anilines is 1. The quantitative estimate of drug-likeness (QED) is 0.440. The lowest BCUT2D eigenvalue weighted by atomic mass is 10.1. The molecule has 1 aliphatic heterocycles. The molecule has 1 amide bonds. The molecule has 174 valence electrons. The topological polar surface area (TPSA) is 71.0 Å². The third kappa shape index (κ3) is 5.63. The molecule has 4 rings (SSSR count). The van der Waals surface area contributed by atoms with Crippen LogP contribution in [0.15, 0.2) is 30.6 Å². The van der Waals surface area contributed by atoms with Crippen LogP contribution in [0.25, 0.3) is 11.3 Å². The number of aromatic nitrogens is 3. The van der Waals surface area contributed by atoms with Gasteiger partial charge in [0.05, 0.1) is 23.7 Å². The third-order valence-electron chi connectivity index (χ3n) is 5.31. The molecule has 0 saturated carbocycles. The van der Waals surface area contributed by atoms with E-state index in [1.54, 1.807) is 0 Å². The normalized spacial score (nSPS) is 16.8. The lowest BCUT2D eigenvalue weighted by Crippen LogP contribution is -2.25. The number of carbonyl (C=O) groups is 1. The highest BCUT2D eigenvalue weighted by atomic mass is 35.5. The molecule has 1 atom stereocenters. The molecule has 33 heavy (non-hydrogen) atoms. The van der Waals surface area contributed by atoms with Crippen molar-refractivity contribution in [2.75, 3.05) is 11.9 Å². The molecule has 0 bridgehead atoms. The lowest BCUT2D eigenvalue weighted by Gasteiger charge is -2.20. The Morgan fingerprint density at radius 2 is 2.03 bits per heavy atom. The van der Waals surface area contributed by atoms with Crippen molar-refractivity contribution >= 4 is 45.6 Å². The monoisotopic (exact) mass is 515 g/mol. The molecule has 0 radical (unpaired) electrons. The number of likely N-dealkylation sites (tertiary alicyclic amines) is 1. The van der Waals surface area contributed by atoms with Gasteiger partial charge in [0.25, 0.3) is 5.91 Å². The van der Waals surface area contributed by atoms with Crippen LogP contribution in [-0.2, 0) is 12.7 Å². The average molecular weight is 516 g/mol. The van der Waals surface area contributed by atoms with Crippen molar-refractivity contribution in [2.45, 2.75) is 38.5 Å². The number of nitrogens with one attached hydrogen (secondary N) is 1. The number of nitrogens with zero attached hydrogens (tertiary/aromatic N) is 4. The van der Waals surface area contributed by atoms with Gasteiger partial charge in [0.1, 0.15) is 10.8 Å². The van der Waals surface area contributed by atoms with Crippen LogP contribution in [0, 0.1) is 0 Å². The van der Waals surface area contributed by atoms with E-state index < -0.39 is 17.6 Å². The highest BCUT2D eigenvalue weighted by Crippen LogP contribution is 2.38. The highest BCUT2D eigenvalue weighted by molar-refractivity contribution is 7.16. The Hall–Kier alpha value is -2.27. The van der Waals surface area contributed by atoms with Gasteiger partial charge in [-0.25, -0.2) is 15.0 Å². The molecule has 2 aromatic heterocycles. The van der Waals surface area contributed by atoms with E-state index in [4.69, 9.17) is 23.2 Å². The van der Waals surface area contributed by atoms with E-state index in [0.717, 1.165) is 36.4 Å². The Kier molecular flexibility index (Phi) is 6.90. The minimum atomic E-state index is -4.55. The molecule has 6 nitrogen and oxygen atoms in total. The second-order valence-corrected chi connectivity index (χ2v) is 9.56. The van der Waals surface area contributed by atoms with Gasteiger partial charge in [-0.3, -0.25) is 15.0 Å². The van der Waals surface area contributed by atoms with Crippen LogP contribution in [0.4, 0.5) is 18.3 Å². The van der Waals surface area contributed by atoms with E-state index in [-0.39, 0.29) is 26.6 Å². The number of thiazole rings is 1. The smallest absolute Gasteiger partial charge is 0.296 e. The van der Waals surface area contributed by atoms with E-state index in [0.29, 0.717) is 18.3 Å². The second-order valence-electron chi connectivity index (χ2n) is 7.66. The SMILES string of the molecule is C[C@@H]1CCCN1Cc1sc(NC(=O)c2cnc(Cl)cn2)nc1-c1cc(Cl)cc(C(F)(F)F)c1. The molecule has 12 heteroatoms. The Labute approximate surface area is 201 Å². The number of benzene rings is 1. The summed E-state index contributed by atoms with van der Waals surface area (Å²) in [5.74, 6) is -0.553. The first-order chi connectivity index (χ1) is 15.6. The summed E-state index contributed by atoms with van der Waals surface area (Å²) < 4.78 is 40.1. The summed E-state index contributed by atoms with van der Waals surface area (Å²) in [5, 5.41) is 2.99. The van der Waals surface area contributed by atoms with Gasteiger partial charge < -0.3 is 0 Å². The van der Waals surface area contributed by atoms with Crippen LogP contribution in [-0.4, -0.2) is 38.3 Å². The van der Waals surface area contributed by atoms with Crippen molar-refractivity contribution in [3.63, 3.8) is 0 Å². The van der Waals surface area contributed by atoms with Crippen molar-refractivity contribution in [3.05, 3.63) is 56.9 Å². The summed E-state index contributed by atoms with van der Waals surface area (Å²) in [6, 6.07) is 3.68. The van der Waals surface area contributed by atoms with E-state index in [1.165, 1.54) is 29.8 Å². The van der Waals surface area contributed by atoms with Crippen molar-refractivity contribution < 1.29 is 18.0 Å². The molecule has 3 aromatic rings. The number of hydrogen-bond donors (Lipinski definition) is 1. The Balaban J connectivity index is 1.70. The fourth-order valence-electron chi connectivity index (χ4n) is 3.63. The van der Waals surface area contributed by atoms with Crippen molar-refractivity contribution in [2.24, 2.45) is 0 Å². The zero-order chi connectivity index (χ0) is 23.8. The minimum absolute atomic E-state index is 0.0352. The van der Waals surface area contributed by atoms with Crippen molar-refractivity contribution in [1.82, 2.24) is 19.9 Å². The van der Waals surface area contributed by atoms with Crippen LogP contribution in [0.5, 0.6) is 0 Å². The molecule has 3 heterocycles. The van der Waals surface area contributed by atoms with E-state index in [9.17, 15) is 18.0 Å². The Morgan fingerprint density at radius 3 is 2.67 bits per heavy atom. The second kappa shape index (κ2) is 9.54. The van der Waals surface area contributed by atoms with Crippen LogP contribution >= 0.6 is 34.5 Å². The average Bonchev–Trinajstić information content (AvgIpc) is 3.33. The maximum absolute atomic E-state index is 13.4. The summed E-state index contributed by atoms with van der Waals surface area (Å²) in [5.41, 5.74) is -0.238.